The lowest BCUT2D eigenvalue weighted by molar-refractivity contribution is -0.138. The fraction of sp³-hybridized carbons (Fsp3) is 0.900. The molecule has 0 saturated carbocycles. The van der Waals surface area contributed by atoms with Crippen LogP contribution in [0, 0.1) is 0 Å². The third kappa shape index (κ3) is 5.11. The maximum absolute atomic E-state index is 10.5. The Morgan fingerprint density at radius 2 is 1.67 bits per heavy atom. The molecule has 1 fully saturated rings. The summed E-state index contributed by atoms with van der Waals surface area (Å²) < 4.78 is 0. The zero-order chi connectivity index (χ0) is 11.1. The normalized spacial score (nSPS) is 19.3. The van der Waals surface area contributed by atoms with E-state index in [2.05, 4.69) is 4.90 Å². The van der Waals surface area contributed by atoms with Gasteiger partial charge in [-0.2, -0.15) is 0 Å². The van der Waals surface area contributed by atoms with Gasteiger partial charge in [0.25, 0.3) is 0 Å². The van der Waals surface area contributed by atoms with Crippen molar-refractivity contribution in [1.82, 2.24) is 9.80 Å². The number of unbranched alkanes of at least 4 members (excludes halogenated alkanes) is 1. The van der Waals surface area contributed by atoms with Gasteiger partial charge in [0, 0.05) is 32.8 Å². The molecule has 88 valence electrons. The first-order chi connectivity index (χ1) is 7.22. The van der Waals surface area contributed by atoms with Gasteiger partial charge < -0.3 is 15.1 Å². The zero-order valence-corrected chi connectivity index (χ0v) is 9.06. The second-order valence-electron chi connectivity index (χ2n) is 3.94. The summed E-state index contributed by atoms with van der Waals surface area (Å²) in [6.45, 7) is 5.00. The highest BCUT2D eigenvalue weighted by molar-refractivity contribution is 5.69. The van der Waals surface area contributed by atoms with Gasteiger partial charge in [-0.25, -0.2) is 0 Å². The van der Waals surface area contributed by atoms with Crippen LogP contribution in [0.1, 0.15) is 12.8 Å². The first kappa shape index (κ1) is 12.4. The number of piperazine rings is 1. The van der Waals surface area contributed by atoms with E-state index >= 15 is 0 Å². The summed E-state index contributed by atoms with van der Waals surface area (Å²) in [7, 11) is 0. The van der Waals surface area contributed by atoms with Crippen LogP contribution in [0.3, 0.4) is 0 Å². The molecule has 0 aliphatic carbocycles. The molecule has 0 aromatic rings. The average molecular weight is 216 g/mol. The standard InChI is InChI=1S/C10H20N2O3/c13-8-2-1-3-11-4-6-12(7-5-11)9-10(14)15/h13H,1-9H2,(H,14,15). The molecule has 1 aliphatic rings. The Bertz CT molecular complexity index is 191. The molecule has 5 heteroatoms. The van der Waals surface area contributed by atoms with Gasteiger partial charge in [-0.3, -0.25) is 9.69 Å². The highest BCUT2D eigenvalue weighted by Gasteiger charge is 2.17. The van der Waals surface area contributed by atoms with E-state index in [1.807, 2.05) is 4.90 Å². The van der Waals surface area contributed by atoms with E-state index in [1.54, 1.807) is 0 Å². The van der Waals surface area contributed by atoms with Crippen LogP contribution in [-0.4, -0.2) is 71.9 Å². The highest BCUT2D eigenvalue weighted by atomic mass is 16.4. The number of aliphatic hydroxyl groups is 1. The molecular weight excluding hydrogens is 196 g/mol. The molecule has 2 N–H and O–H groups in total. The van der Waals surface area contributed by atoms with Crippen molar-refractivity contribution in [2.75, 3.05) is 45.9 Å². The van der Waals surface area contributed by atoms with E-state index in [4.69, 9.17) is 10.2 Å². The Hall–Kier alpha value is -0.650. The Kier molecular flexibility index (Phi) is 5.60. The summed E-state index contributed by atoms with van der Waals surface area (Å²) in [6, 6.07) is 0. The van der Waals surface area contributed by atoms with Crippen LogP contribution in [0.4, 0.5) is 0 Å². The van der Waals surface area contributed by atoms with Gasteiger partial charge in [-0.05, 0) is 19.4 Å². The number of nitrogens with zero attached hydrogens (tertiary/aromatic N) is 2. The molecule has 1 rings (SSSR count). The van der Waals surface area contributed by atoms with Crippen LogP contribution >= 0.6 is 0 Å². The minimum absolute atomic E-state index is 0.157. The topological polar surface area (TPSA) is 64.0 Å². The van der Waals surface area contributed by atoms with Crippen molar-refractivity contribution in [2.45, 2.75) is 12.8 Å². The van der Waals surface area contributed by atoms with Crippen molar-refractivity contribution < 1.29 is 15.0 Å². The van der Waals surface area contributed by atoms with Crippen molar-refractivity contribution in [2.24, 2.45) is 0 Å². The summed E-state index contributed by atoms with van der Waals surface area (Å²) in [5.74, 6) is -0.747. The second-order valence-corrected chi connectivity index (χ2v) is 3.94. The quantitative estimate of drug-likeness (QED) is 0.584. The Labute approximate surface area is 90.3 Å². The van der Waals surface area contributed by atoms with Crippen LogP contribution in [-0.2, 0) is 4.79 Å². The smallest absolute Gasteiger partial charge is 0.317 e. The molecule has 0 spiro atoms. The van der Waals surface area contributed by atoms with Gasteiger partial charge in [-0.1, -0.05) is 0 Å². The maximum atomic E-state index is 10.5. The number of aliphatic hydroxyl groups excluding tert-OH is 1. The van der Waals surface area contributed by atoms with E-state index < -0.39 is 5.97 Å². The number of carboxylic acid groups (broad SMARTS) is 1. The van der Waals surface area contributed by atoms with E-state index in [9.17, 15) is 4.79 Å². The Balaban J connectivity index is 2.10. The van der Waals surface area contributed by atoms with Crippen molar-refractivity contribution in [3.63, 3.8) is 0 Å². The largest absolute Gasteiger partial charge is 0.480 e. The van der Waals surface area contributed by atoms with Gasteiger partial charge in [0.15, 0.2) is 0 Å². The number of hydrogen-bond acceptors (Lipinski definition) is 4. The molecule has 1 saturated heterocycles. The van der Waals surface area contributed by atoms with E-state index in [0.717, 1.165) is 45.6 Å². The molecule has 0 bridgehead atoms. The molecule has 1 aliphatic heterocycles. The lowest BCUT2D eigenvalue weighted by Gasteiger charge is -2.33. The van der Waals surface area contributed by atoms with E-state index in [1.165, 1.54) is 0 Å². The molecule has 0 atom stereocenters. The van der Waals surface area contributed by atoms with E-state index in [-0.39, 0.29) is 13.2 Å². The fourth-order valence-corrected chi connectivity index (χ4v) is 1.81. The molecule has 1 heterocycles. The maximum Gasteiger partial charge on any atom is 0.317 e. The number of carbonyl (C=O) groups is 1. The third-order valence-electron chi connectivity index (χ3n) is 2.71. The van der Waals surface area contributed by atoms with Gasteiger partial charge in [0.1, 0.15) is 0 Å². The number of aliphatic carboxylic acids is 1. The monoisotopic (exact) mass is 216 g/mol. The number of hydrogen-bond donors (Lipinski definition) is 2. The fourth-order valence-electron chi connectivity index (χ4n) is 1.81. The molecule has 15 heavy (non-hydrogen) atoms. The number of rotatable bonds is 6. The summed E-state index contributed by atoms with van der Waals surface area (Å²) in [5, 5.41) is 17.3. The predicted octanol–water partition coefficient (Wildman–Crippen LogP) is -0.539. The van der Waals surface area contributed by atoms with Gasteiger partial charge in [0.05, 0.1) is 6.54 Å². The van der Waals surface area contributed by atoms with Crippen LogP contribution in [0.25, 0.3) is 0 Å². The average Bonchev–Trinajstić information content (AvgIpc) is 2.20. The highest BCUT2D eigenvalue weighted by Crippen LogP contribution is 2.02. The van der Waals surface area contributed by atoms with Crippen molar-refractivity contribution in [1.29, 1.82) is 0 Å². The lowest BCUT2D eigenvalue weighted by atomic mass is 10.2. The summed E-state index contributed by atoms with van der Waals surface area (Å²) >= 11 is 0. The van der Waals surface area contributed by atoms with Crippen molar-refractivity contribution in [3.8, 4) is 0 Å². The van der Waals surface area contributed by atoms with Crippen molar-refractivity contribution >= 4 is 5.97 Å². The Morgan fingerprint density at radius 3 is 2.20 bits per heavy atom. The molecule has 5 nitrogen and oxygen atoms in total. The van der Waals surface area contributed by atoms with Crippen LogP contribution in [0.5, 0.6) is 0 Å². The van der Waals surface area contributed by atoms with Gasteiger partial charge >= 0.3 is 5.97 Å². The third-order valence-corrected chi connectivity index (χ3v) is 2.71. The van der Waals surface area contributed by atoms with Gasteiger partial charge in [-0.15, -0.1) is 0 Å². The molecule has 0 unspecified atom stereocenters. The van der Waals surface area contributed by atoms with Crippen molar-refractivity contribution in [3.05, 3.63) is 0 Å². The minimum atomic E-state index is -0.747. The molecule has 0 aromatic carbocycles. The van der Waals surface area contributed by atoms with Gasteiger partial charge in [0.2, 0.25) is 0 Å². The molecule has 0 amide bonds. The number of carboxylic acids is 1. The minimum Gasteiger partial charge on any atom is -0.480 e. The first-order valence-electron chi connectivity index (χ1n) is 5.49. The van der Waals surface area contributed by atoms with Crippen LogP contribution in [0.15, 0.2) is 0 Å². The predicted molar refractivity (Wildman–Crippen MR) is 56.8 cm³/mol. The van der Waals surface area contributed by atoms with Crippen LogP contribution < -0.4 is 0 Å². The van der Waals surface area contributed by atoms with E-state index in [0.29, 0.717) is 0 Å². The second kappa shape index (κ2) is 6.76. The Morgan fingerprint density at radius 1 is 1.07 bits per heavy atom. The lowest BCUT2D eigenvalue weighted by Crippen LogP contribution is -2.48. The van der Waals surface area contributed by atoms with Crippen LogP contribution in [0.2, 0.25) is 0 Å². The summed E-state index contributed by atoms with van der Waals surface area (Å²) in [4.78, 5) is 14.8. The molecule has 0 radical (unpaired) electrons. The molecule has 0 aromatic heterocycles. The summed E-state index contributed by atoms with van der Waals surface area (Å²) in [6.07, 6.45) is 1.88. The molecular formula is C10H20N2O3. The summed E-state index contributed by atoms with van der Waals surface area (Å²) in [5.41, 5.74) is 0. The zero-order valence-electron chi connectivity index (χ0n) is 9.06. The first-order valence-corrected chi connectivity index (χ1v) is 5.49. The SMILES string of the molecule is O=C(O)CN1CCN(CCCCO)CC1.